The molecule has 12 heteroatoms. The second-order valence-corrected chi connectivity index (χ2v) is 13.1. The van der Waals surface area contributed by atoms with E-state index in [1.807, 2.05) is 26.8 Å². The lowest BCUT2D eigenvalue weighted by molar-refractivity contribution is -0.137. The largest absolute Gasteiger partial charge is 0.444 e. The van der Waals surface area contributed by atoms with E-state index in [2.05, 4.69) is 5.32 Å². The minimum Gasteiger partial charge on any atom is -0.444 e. The topological polar surface area (TPSA) is 91.4 Å². The number of hydrogen-bond acceptors (Lipinski definition) is 6. The number of benzene rings is 2. The fourth-order valence-corrected chi connectivity index (χ4v) is 5.04. The van der Waals surface area contributed by atoms with Crippen LogP contribution in [0.25, 0.3) is 5.57 Å². The van der Waals surface area contributed by atoms with Crippen LogP contribution in [0.3, 0.4) is 0 Å². The Hall–Kier alpha value is -4.22. The number of halogens is 3. The summed E-state index contributed by atoms with van der Waals surface area (Å²) < 4.78 is 53.2. The summed E-state index contributed by atoms with van der Waals surface area (Å²) in [5.41, 5.74) is 0.107. The number of alkyl halides is 3. The molecule has 0 bridgehead atoms. The van der Waals surface area contributed by atoms with Crippen molar-refractivity contribution in [2.45, 2.75) is 65.3 Å². The van der Waals surface area contributed by atoms with Gasteiger partial charge in [-0.3, -0.25) is 4.79 Å². The summed E-state index contributed by atoms with van der Waals surface area (Å²) in [5, 5.41) is 2.58. The van der Waals surface area contributed by atoms with E-state index in [4.69, 9.17) is 9.47 Å². The molecule has 1 saturated heterocycles. The van der Waals surface area contributed by atoms with Gasteiger partial charge in [-0.1, -0.05) is 18.2 Å². The third kappa shape index (κ3) is 9.15. The third-order valence-corrected chi connectivity index (χ3v) is 7.21. The fourth-order valence-electron chi connectivity index (χ4n) is 5.04. The highest BCUT2D eigenvalue weighted by atomic mass is 19.4. The van der Waals surface area contributed by atoms with Crippen LogP contribution in [-0.2, 0) is 15.7 Å². The van der Waals surface area contributed by atoms with Gasteiger partial charge in [-0.25, -0.2) is 9.59 Å². The number of anilines is 2. The summed E-state index contributed by atoms with van der Waals surface area (Å²) in [6.45, 7) is 12.5. The number of ether oxygens (including phenoxy) is 2. The van der Waals surface area contributed by atoms with Crippen molar-refractivity contribution in [2.75, 3.05) is 49.5 Å². The molecule has 0 radical (unpaired) electrons. The molecule has 0 spiro atoms. The van der Waals surface area contributed by atoms with Crippen LogP contribution < -0.4 is 10.2 Å². The maximum Gasteiger partial charge on any atom is 0.418 e. The molecule has 0 aliphatic carbocycles. The van der Waals surface area contributed by atoms with Gasteiger partial charge in [-0.2, -0.15) is 13.2 Å². The monoisotopic (exact) mass is 630 g/mol. The third-order valence-electron chi connectivity index (χ3n) is 7.21. The Balaban J connectivity index is 1.39. The zero-order valence-electron chi connectivity index (χ0n) is 26.6. The highest BCUT2D eigenvalue weighted by Crippen LogP contribution is 2.39. The molecule has 4 rings (SSSR count). The number of nitrogens with zero attached hydrogens (tertiary/aromatic N) is 3. The van der Waals surface area contributed by atoms with Crippen LogP contribution in [0.2, 0.25) is 0 Å². The summed E-state index contributed by atoms with van der Waals surface area (Å²) in [6, 6.07) is 10.5. The number of nitrogens with one attached hydrogen (secondary N) is 1. The van der Waals surface area contributed by atoms with Crippen LogP contribution in [0.5, 0.6) is 0 Å². The smallest absolute Gasteiger partial charge is 0.418 e. The van der Waals surface area contributed by atoms with E-state index in [1.54, 1.807) is 54.8 Å². The number of hydrogen-bond donors (Lipinski definition) is 1. The Kier molecular flexibility index (Phi) is 9.74. The molecular formula is C33H41F3N4O5. The quantitative estimate of drug-likeness (QED) is 0.390. The molecule has 2 heterocycles. The Bertz CT molecular complexity index is 1430. The van der Waals surface area contributed by atoms with Gasteiger partial charge in [0.15, 0.2) is 0 Å². The van der Waals surface area contributed by atoms with Crippen molar-refractivity contribution < 1.29 is 37.0 Å². The molecule has 2 aromatic rings. The van der Waals surface area contributed by atoms with Crippen molar-refractivity contribution in [2.24, 2.45) is 0 Å². The van der Waals surface area contributed by atoms with E-state index >= 15 is 0 Å². The Morgan fingerprint density at radius 1 is 0.756 bits per heavy atom. The number of piperazine rings is 1. The van der Waals surface area contributed by atoms with Gasteiger partial charge < -0.3 is 29.5 Å². The van der Waals surface area contributed by atoms with Gasteiger partial charge in [-0.05, 0) is 89.4 Å². The van der Waals surface area contributed by atoms with Crippen molar-refractivity contribution in [3.05, 3.63) is 65.2 Å². The van der Waals surface area contributed by atoms with Crippen molar-refractivity contribution in [3.8, 4) is 0 Å². The minimum absolute atomic E-state index is 0.0142. The standard InChI is InChI=1S/C33H41F3N4O5/c1-31(2,3)44-29(42)39-15-13-23(14-16-39)22-7-9-24(10-8-22)28(41)37-25-11-12-27(26(21-25)33(34,35)36)38-17-19-40(20-18-38)30(43)45-32(4,5)6/h7-13,21H,14-20H2,1-6H3,(H,37,41). The Morgan fingerprint density at radius 3 is 1.84 bits per heavy atom. The number of carbonyl (C=O) groups is 3. The summed E-state index contributed by atoms with van der Waals surface area (Å²) in [6.07, 6.45) is -2.96. The molecule has 2 aliphatic rings. The van der Waals surface area contributed by atoms with Gasteiger partial charge in [0, 0.05) is 56.2 Å². The molecule has 244 valence electrons. The highest BCUT2D eigenvalue weighted by Gasteiger charge is 2.37. The second kappa shape index (κ2) is 13.0. The second-order valence-electron chi connectivity index (χ2n) is 13.1. The van der Waals surface area contributed by atoms with Crippen LogP contribution >= 0.6 is 0 Å². The Labute approximate surface area is 261 Å². The maximum atomic E-state index is 14.1. The summed E-state index contributed by atoms with van der Waals surface area (Å²) in [4.78, 5) is 42.3. The zero-order chi connectivity index (χ0) is 33.2. The van der Waals surface area contributed by atoms with Gasteiger partial charge in [0.1, 0.15) is 11.2 Å². The van der Waals surface area contributed by atoms with Gasteiger partial charge in [0.2, 0.25) is 0 Å². The SMILES string of the molecule is CC(C)(C)OC(=O)N1CC=C(c2ccc(C(=O)Nc3ccc(N4CCN(C(=O)OC(C)(C)C)CC4)c(C(F)(F)F)c3)cc2)CC1. The predicted octanol–water partition coefficient (Wildman–Crippen LogP) is 7.04. The summed E-state index contributed by atoms with van der Waals surface area (Å²) >= 11 is 0. The highest BCUT2D eigenvalue weighted by molar-refractivity contribution is 6.04. The molecule has 9 nitrogen and oxygen atoms in total. The normalized spacial score (nSPS) is 16.2. The van der Waals surface area contributed by atoms with Crippen molar-refractivity contribution >= 4 is 35.0 Å². The predicted molar refractivity (Wildman–Crippen MR) is 166 cm³/mol. The lowest BCUT2D eigenvalue weighted by Gasteiger charge is -2.37. The molecule has 1 N–H and O–H groups in total. The number of rotatable bonds is 4. The van der Waals surface area contributed by atoms with Crippen LogP contribution in [0.1, 0.15) is 69.4 Å². The average Bonchev–Trinajstić information content (AvgIpc) is 2.95. The molecule has 45 heavy (non-hydrogen) atoms. The lowest BCUT2D eigenvalue weighted by Crippen LogP contribution is -2.50. The lowest BCUT2D eigenvalue weighted by atomic mass is 9.98. The van der Waals surface area contributed by atoms with E-state index in [1.165, 1.54) is 17.0 Å². The molecule has 0 atom stereocenters. The number of carbonyl (C=O) groups excluding carboxylic acids is 3. The molecule has 2 aliphatic heterocycles. The van der Waals surface area contributed by atoms with E-state index in [9.17, 15) is 27.6 Å². The average molecular weight is 631 g/mol. The summed E-state index contributed by atoms with van der Waals surface area (Å²) in [5.74, 6) is -0.540. The van der Waals surface area contributed by atoms with Crippen LogP contribution in [0, 0.1) is 0 Å². The summed E-state index contributed by atoms with van der Waals surface area (Å²) in [7, 11) is 0. The van der Waals surface area contributed by atoms with E-state index in [0.717, 1.165) is 17.2 Å². The van der Waals surface area contributed by atoms with Crippen LogP contribution in [0.15, 0.2) is 48.5 Å². The van der Waals surface area contributed by atoms with Crippen molar-refractivity contribution in [1.29, 1.82) is 0 Å². The van der Waals surface area contributed by atoms with Gasteiger partial charge in [-0.15, -0.1) is 0 Å². The molecule has 0 unspecified atom stereocenters. The molecule has 2 aromatic carbocycles. The van der Waals surface area contributed by atoms with Crippen molar-refractivity contribution in [1.82, 2.24) is 9.80 Å². The first-order valence-corrected chi connectivity index (χ1v) is 14.9. The maximum absolute atomic E-state index is 14.1. The zero-order valence-corrected chi connectivity index (χ0v) is 26.6. The van der Waals surface area contributed by atoms with Gasteiger partial charge in [0.25, 0.3) is 5.91 Å². The van der Waals surface area contributed by atoms with Gasteiger partial charge >= 0.3 is 18.4 Å². The molecular weight excluding hydrogens is 589 g/mol. The van der Waals surface area contributed by atoms with Crippen LogP contribution in [-0.4, -0.2) is 78.4 Å². The molecule has 3 amide bonds. The number of amides is 3. The first-order chi connectivity index (χ1) is 20.9. The molecule has 0 saturated carbocycles. The fraction of sp³-hybridized carbons (Fsp3) is 0.485. The van der Waals surface area contributed by atoms with Crippen molar-refractivity contribution in [3.63, 3.8) is 0 Å². The molecule has 0 aromatic heterocycles. The Morgan fingerprint density at radius 2 is 1.33 bits per heavy atom. The van der Waals surface area contributed by atoms with E-state index in [-0.39, 0.29) is 43.6 Å². The minimum atomic E-state index is -4.66. The first kappa shape index (κ1) is 33.7. The van der Waals surface area contributed by atoms with Crippen LogP contribution in [0.4, 0.5) is 34.1 Å². The van der Waals surface area contributed by atoms with Gasteiger partial charge in [0.05, 0.1) is 5.56 Å². The first-order valence-electron chi connectivity index (χ1n) is 14.9. The van der Waals surface area contributed by atoms with E-state index < -0.39 is 34.9 Å². The van der Waals surface area contributed by atoms with E-state index in [0.29, 0.717) is 25.1 Å². The molecule has 1 fully saturated rings.